The fourth-order valence-corrected chi connectivity index (χ4v) is 2.59. The van der Waals surface area contributed by atoms with E-state index in [2.05, 4.69) is 0 Å². The lowest BCUT2D eigenvalue weighted by molar-refractivity contribution is -0.0842. The van der Waals surface area contributed by atoms with Gasteiger partial charge in [0.25, 0.3) is 0 Å². The second-order valence-electron chi connectivity index (χ2n) is 3.87. The van der Waals surface area contributed by atoms with Crippen molar-refractivity contribution in [3.63, 3.8) is 0 Å². The second kappa shape index (κ2) is 6.87. The van der Waals surface area contributed by atoms with Crippen molar-refractivity contribution in [2.75, 3.05) is 33.2 Å². The fourth-order valence-electron chi connectivity index (χ4n) is 1.63. The van der Waals surface area contributed by atoms with Gasteiger partial charge in [-0.2, -0.15) is 0 Å². The maximum atomic E-state index is 5.65. The Kier molecular flexibility index (Phi) is 5.16. The highest BCUT2D eigenvalue weighted by Crippen LogP contribution is 2.34. The highest BCUT2D eigenvalue weighted by atomic mass is 32.2. The molecule has 100 valence electrons. The van der Waals surface area contributed by atoms with Crippen LogP contribution in [0.25, 0.3) is 0 Å². The standard InChI is InChI=1S/C13H18O4S/c1-14-13(15-2)9-18-10-4-5-11-12(8-10)17-7-3-6-16-11/h4-5,8,13H,3,6-7,9H2,1-2H3. The second-order valence-corrected chi connectivity index (χ2v) is 4.96. The first kappa shape index (κ1) is 13.5. The number of ether oxygens (including phenoxy) is 4. The minimum absolute atomic E-state index is 0.189. The lowest BCUT2D eigenvalue weighted by Crippen LogP contribution is -2.15. The van der Waals surface area contributed by atoms with Crippen molar-refractivity contribution >= 4 is 11.8 Å². The first-order valence-corrected chi connectivity index (χ1v) is 6.90. The first-order valence-electron chi connectivity index (χ1n) is 5.91. The van der Waals surface area contributed by atoms with Crippen molar-refractivity contribution in [2.24, 2.45) is 0 Å². The molecule has 1 aliphatic heterocycles. The van der Waals surface area contributed by atoms with Gasteiger partial charge < -0.3 is 18.9 Å². The zero-order valence-electron chi connectivity index (χ0n) is 10.7. The van der Waals surface area contributed by atoms with Gasteiger partial charge in [-0.3, -0.25) is 0 Å². The minimum Gasteiger partial charge on any atom is -0.490 e. The van der Waals surface area contributed by atoms with Gasteiger partial charge in [0.15, 0.2) is 17.8 Å². The summed E-state index contributed by atoms with van der Waals surface area (Å²) in [5.74, 6) is 2.39. The first-order chi connectivity index (χ1) is 8.83. The molecule has 0 atom stereocenters. The predicted molar refractivity (Wildman–Crippen MR) is 70.6 cm³/mol. The number of hydrogen-bond donors (Lipinski definition) is 0. The van der Waals surface area contributed by atoms with Crippen molar-refractivity contribution in [3.05, 3.63) is 18.2 Å². The van der Waals surface area contributed by atoms with Gasteiger partial charge in [0, 0.05) is 31.3 Å². The number of benzene rings is 1. The van der Waals surface area contributed by atoms with Crippen LogP contribution >= 0.6 is 11.8 Å². The van der Waals surface area contributed by atoms with Gasteiger partial charge in [-0.25, -0.2) is 0 Å². The van der Waals surface area contributed by atoms with Crippen LogP contribution in [0.2, 0.25) is 0 Å². The zero-order chi connectivity index (χ0) is 12.8. The lowest BCUT2D eigenvalue weighted by Gasteiger charge is -2.13. The van der Waals surface area contributed by atoms with Gasteiger partial charge in [-0.05, 0) is 18.2 Å². The molecule has 0 bridgehead atoms. The Morgan fingerprint density at radius 3 is 2.61 bits per heavy atom. The monoisotopic (exact) mass is 270 g/mol. The van der Waals surface area contributed by atoms with E-state index in [1.807, 2.05) is 18.2 Å². The van der Waals surface area contributed by atoms with Crippen LogP contribution in [0.4, 0.5) is 0 Å². The molecule has 0 saturated heterocycles. The van der Waals surface area contributed by atoms with Gasteiger partial charge in [0.2, 0.25) is 0 Å². The van der Waals surface area contributed by atoms with Crippen LogP contribution < -0.4 is 9.47 Å². The Labute approximate surface area is 112 Å². The maximum Gasteiger partial charge on any atom is 0.166 e. The van der Waals surface area contributed by atoms with Crippen LogP contribution in [-0.4, -0.2) is 39.5 Å². The Morgan fingerprint density at radius 2 is 1.89 bits per heavy atom. The van der Waals surface area contributed by atoms with Gasteiger partial charge >= 0.3 is 0 Å². The third-order valence-corrected chi connectivity index (χ3v) is 3.66. The summed E-state index contributed by atoms with van der Waals surface area (Å²) in [6, 6.07) is 5.99. The lowest BCUT2D eigenvalue weighted by atomic mass is 10.3. The number of thioether (sulfide) groups is 1. The van der Waals surface area contributed by atoms with E-state index in [-0.39, 0.29) is 6.29 Å². The van der Waals surface area contributed by atoms with Crippen LogP contribution in [0.15, 0.2) is 23.1 Å². The molecule has 1 aliphatic rings. The molecule has 0 radical (unpaired) electrons. The Balaban J connectivity index is 1.99. The SMILES string of the molecule is COC(CSc1ccc2c(c1)OCCCO2)OC. The molecule has 0 spiro atoms. The summed E-state index contributed by atoms with van der Waals surface area (Å²) < 4.78 is 21.5. The van der Waals surface area contributed by atoms with E-state index in [4.69, 9.17) is 18.9 Å². The van der Waals surface area contributed by atoms with E-state index in [1.165, 1.54) is 0 Å². The molecule has 0 unspecified atom stereocenters. The predicted octanol–water partition coefficient (Wildman–Crippen LogP) is 2.56. The third kappa shape index (κ3) is 3.54. The van der Waals surface area contributed by atoms with Gasteiger partial charge in [0.05, 0.1) is 13.2 Å². The molecular formula is C13H18O4S. The fraction of sp³-hybridized carbons (Fsp3) is 0.538. The largest absolute Gasteiger partial charge is 0.490 e. The summed E-state index contributed by atoms with van der Waals surface area (Å²) in [7, 11) is 3.28. The van der Waals surface area contributed by atoms with Crippen LogP contribution in [-0.2, 0) is 9.47 Å². The highest BCUT2D eigenvalue weighted by molar-refractivity contribution is 7.99. The third-order valence-electron chi connectivity index (χ3n) is 2.63. The number of fused-ring (bicyclic) bond motifs is 1. The average molecular weight is 270 g/mol. The average Bonchev–Trinajstić information content (AvgIpc) is 2.64. The van der Waals surface area contributed by atoms with E-state index < -0.39 is 0 Å². The molecule has 1 aromatic carbocycles. The molecule has 4 nitrogen and oxygen atoms in total. The molecule has 0 saturated carbocycles. The van der Waals surface area contributed by atoms with E-state index in [0.717, 1.165) is 35.2 Å². The van der Waals surface area contributed by atoms with Gasteiger partial charge in [-0.1, -0.05) is 0 Å². The molecule has 2 rings (SSSR count). The molecule has 0 fully saturated rings. The molecule has 5 heteroatoms. The number of hydrogen-bond acceptors (Lipinski definition) is 5. The Bertz CT molecular complexity index is 379. The van der Waals surface area contributed by atoms with Crippen LogP contribution in [0, 0.1) is 0 Å². The van der Waals surface area contributed by atoms with Crippen LogP contribution in [0.1, 0.15) is 6.42 Å². The molecule has 0 N–H and O–H groups in total. The molecule has 0 aromatic heterocycles. The molecule has 1 heterocycles. The molecule has 1 aromatic rings. The van der Waals surface area contributed by atoms with Crippen LogP contribution in [0.5, 0.6) is 11.5 Å². The summed E-state index contributed by atoms with van der Waals surface area (Å²) in [6.45, 7) is 1.43. The highest BCUT2D eigenvalue weighted by Gasteiger charge is 2.12. The quantitative estimate of drug-likeness (QED) is 0.607. The van der Waals surface area contributed by atoms with Gasteiger partial charge in [-0.15, -0.1) is 11.8 Å². The molecule has 0 aliphatic carbocycles. The number of methoxy groups -OCH3 is 2. The Hall–Kier alpha value is -0.910. The van der Waals surface area contributed by atoms with E-state index in [0.29, 0.717) is 6.61 Å². The van der Waals surface area contributed by atoms with E-state index in [9.17, 15) is 0 Å². The molecule has 18 heavy (non-hydrogen) atoms. The summed E-state index contributed by atoms with van der Waals surface area (Å²) in [6.07, 6.45) is 0.734. The zero-order valence-corrected chi connectivity index (χ0v) is 11.5. The smallest absolute Gasteiger partial charge is 0.166 e. The minimum atomic E-state index is -0.189. The van der Waals surface area contributed by atoms with Crippen molar-refractivity contribution in [3.8, 4) is 11.5 Å². The van der Waals surface area contributed by atoms with Crippen molar-refractivity contribution in [1.29, 1.82) is 0 Å². The van der Waals surface area contributed by atoms with Crippen LogP contribution in [0.3, 0.4) is 0 Å². The molecular weight excluding hydrogens is 252 g/mol. The van der Waals surface area contributed by atoms with E-state index in [1.54, 1.807) is 26.0 Å². The van der Waals surface area contributed by atoms with Crippen molar-refractivity contribution in [2.45, 2.75) is 17.6 Å². The van der Waals surface area contributed by atoms with E-state index >= 15 is 0 Å². The van der Waals surface area contributed by atoms with Crippen molar-refractivity contribution < 1.29 is 18.9 Å². The van der Waals surface area contributed by atoms with Gasteiger partial charge in [0.1, 0.15) is 0 Å². The summed E-state index contributed by atoms with van der Waals surface area (Å²) in [5, 5.41) is 0. The Morgan fingerprint density at radius 1 is 1.17 bits per heavy atom. The summed E-state index contributed by atoms with van der Waals surface area (Å²) in [5.41, 5.74) is 0. The normalized spacial score (nSPS) is 14.6. The van der Waals surface area contributed by atoms with Crippen molar-refractivity contribution in [1.82, 2.24) is 0 Å². The summed E-state index contributed by atoms with van der Waals surface area (Å²) >= 11 is 1.67. The molecule has 0 amide bonds. The number of rotatable bonds is 5. The summed E-state index contributed by atoms with van der Waals surface area (Å²) in [4.78, 5) is 1.12. The topological polar surface area (TPSA) is 36.9 Å². The maximum absolute atomic E-state index is 5.65.